The standard InChI is InChI=1S/C16H21N3O3/c1-11-5-12-8-19(10-14(12)7-17-11)16(21)13-6-15(20)18(9-13)3-4-22-2/h5,7,13H,3-4,6,8-10H2,1-2H3. The first kappa shape index (κ1) is 15.0. The van der Waals surface area contributed by atoms with E-state index >= 15 is 0 Å². The van der Waals surface area contributed by atoms with Gasteiger partial charge in [-0.3, -0.25) is 14.6 Å². The van der Waals surface area contributed by atoms with Gasteiger partial charge in [-0.1, -0.05) is 0 Å². The molecule has 22 heavy (non-hydrogen) atoms. The van der Waals surface area contributed by atoms with Crippen LogP contribution in [0.3, 0.4) is 0 Å². The molecule has 1 fully saturated rings. The van der Waals surface area contributed by atoms with Gasteiger partial charge < -0.3 is 14.5 Å². The van der Waals surface area contributed by atoms with Crippen molar-refractivity contribution in [3.8, 4) is 0 Å². The minimum atomic E-state index is -0.229. The van der Waals surface area contributed by atoms with E-state index in [4.69, 9.17) is 4.74 Å². The lowest BCUT2D eigenvalue weighted by Gasteiger charge is -2.20. The molecule has 1 unspecified atom stereocenters. The van der Waals surface area contributed by atoms with Crippen LogP contribution in [-0.4, -0.2) is 53.4 Å². The van der Waals surface area contributed by atoms with Gasteiger partial charge in [-0.25, -0.2) is 0 Å². The van der Waals surface area contributed by atoms with Crippen LogP contribution in [0.5, 0.6) is 0 Å². The Bertz CT molecular complexity index is 602. The van der Waals surface area contributed by atoms with Crippen LogP contribution in [-0.2, 0) is 27.4 Å². The predicted octanol–water partition coefficient (Wildman–Crippen LogP) is 0.727. The Morgan fingerprint density at radius 2 is 2.18 bits per heavy atom. The molecule has 1 atom stereocenters. The number of aromatic nitrogens is 1. The molecule has 0 aromatic carbocycles. The summed E-state index contributed by atoms with van der Waals surface area (Å²) in [5.41, 5.74) is 3.25. The highest BCUT2D eigenvalue weighted by molar-refractivity contribution is 5.89. The van der Waals surface area contributed by atoms with Crippen molar-refractivity contribution in [3.63, 3.8) is 0 Å². The normalized spacial score (nSPS) is 20.6. The number of pyridine rings is 1. The Hall–Kier alpha value is -1.95. The van der Waals surface area contributed by atoms with Gasteiger partial charge in [-0.05, 0) is 24.1 Å². The van der Waals surface area contributed by atoms with E-state index in [0.717, 1.165) is 11.3 Å². The molecule has 6 heteroatoms. The van der Waals surface area contributed by atoms with E-state index in [2.05, 4.69) is 4.98 Å². The summed E-state index contributed by atoms with van der Waals surface area (Å²) in [7, 11) is 1.61. The molecule has 1 aromatic rings. The zero-order valence-electron chi connectivity index (χ0n) is 13.0. The van der Waals surface area contributed by atoms with E-state index < -0.39 is 0 Å². The summed E-state index contributed by atoms with van der Waals surface area (Å²) in [4.78, 5) is 32.5. The maximum Gasteiger partial charge on any atom is 0.228 e. The number of likely N-dealkylation sites (tertiary alicyclic amines) is 1. The van der Waals surface area contributed by atoms with Crippen molar-refractivity contribution >= 4 is 11.8 Å². The third-order valence-corrected chi connectivity index (χ3v) is 4.38. The van der Waals surface area contributed by atoms with E-state index in [1.54, 1.807) is 12.0 Å². The fourth-order valence-electron chi connectivity index (χ4n) is 3.17. The summed E-state index contributed by atoms with van der Waals surface area (Å²) < 4.78 is 5.00. The number of fused-ring (bicyclic) bond motifs is 1. The first-order valence-corrected chi connectivity index (χ1v) is 7.58. The predicted molar refractivity (Wildman–Crippen MR) is 79.8 cm³/mol. The zero-order chi connectivity index (χ0) is 15.7. The third-order valence-electron chi connectivity index (χ3n) is 4.38. The number of hydrogen-bond donors (Lipinski definition) is 0. The van der Waals surface area contributed by atoms with Gasteiger partial charge in [0.2, 0.25) is 11.8 Å². The van der Waals surface area contributed by atoms with Gasteiger partial charge in [-0.2, -0.15) is 0 Å². The molecule has 6 nitrogen and oxygen atoms in total. The van der Waals surface area contributed by atoms with Gasteiger partial charge in [0.1, 0.15) is 0 Å². The molecular formula is C16H21N3O3. The monoisotopic (exact) mass is 303 g/mol. The van der Waals surface area contributed by atoms with Gasteiger partial charge in [0.15, 0.2) is 0 Å². The minimum absolute atomic E-state index is 0.0459. The smallest absolute Gasteiger partial charge is 0.228 e. The fourth-order valence-corrected chi connectivity index (χ4v) is 3.17. The molecule has 0 spiro atoms. The number of nitrogens with zero attached hydrogens (tertiary/aromatic N) is 3. The molecule has 0 N–H and O–H groups in total. The van der Waals surface area contributed by atoms with Crippen molar-refractivity contribution in [2.75, 3.05) is 26.8 Å². The summed E-state index contributed by atoms with van der Waals surface area (Å²) in [6, 6.07) is 2.04. The lowest BCUT2D eigenvalue weighted by molar-refractivity contribution is -0.136. The number of hydrogen-bond acceptors (Lipinski definition) is 4. The quantitative estimate of drug-likeness (QED) is 0.822. The molecule has 3 rings (SSSR count). The molecule has 1 aromatic heterocycles. The van der Waals surface area contributed by atoms with Crippen molar-refractivity contribution in [1.82, 2.24) is 14.8 Å². The van der Waals surface area contributed by atoms with Crippen molar-refractivity contribution in [1.29, 1.82) is 0 Å². The van der Waals surface area contributed by atoms with E-state index in [9.17, 15) is 9.59 Å². The second kappa shape index (κ2) is 6.04. The van der Waals surface area contributed by atoms with E-state index in [1.807, 2.05) is 24.1 Å². The lowest BCUT2D eigenvalue weighted by Crippen LogP contribution is -2.34. The number of carbonyl (C=O) groups is 2. The van der Waals surface area contributed by atoms with Gasteiger partial charge in [0.05, 0.1) is 12.5 Å². The Kier molecular flexibility index (Phi) is 4.11. The van der Waals surface area contributed by atoms with Gasteiger partial charge >= 0.3 is 0 Å². The molecule has 2 aliphatic heterocycles. The van der Waals surface area contributed by atoms with Crippen molar-refractivity contribution in [3.05, 3.63) is 29.1 Å². The van der Waals surface area contributed by atoms with Crippen LogP contribution >= 0.6 is 0 Å². The molecule has 3 heterocycles. The summed E-state index contributed by atoms with van der Waals surface area (Å²) >= 11 is 0. The number of aryl methyl sites for hydroxylation is 1. The van der Waals surface area contributed by atoms with Crippen LogP contribution in [0, 0.1) is 12.8 Å². The van der Waals surface area contributed by atoms with Gasteiger partial charge in [0, 0.05) is 51.6 Å². The minimum Gasteiger partial charge on any atom is -0.383 e. The van der Waals surface area contributed by atoms with Crippen molar-refractivity contribution < 1.29 is 14.3 Å². The Balaban J connectivity index is 1.63. The molecular weight excluding hydrogens is 282 g/mol. The Morgan fingerprint density at radius 1 is 1.41 bits per heavy atom. The molecule has 118 valence electrons. The number of carbonyl (C=O) groups excluding carboxylic acids is 2. The third kappa shape index (κ3) is 2.83. The topological polar surface area (TPSA) is 62.7 Å². The van der Waals surface area contributed by atoms with Crippen LogP contribution in [0.4, 0.5) is 0 Å². The zero-order valence-corrected chi connectivity index (χ0v) is 13.0. The molecule has 2 amide bonds. The highest BCUT2D eigenvalue weighted by atomic mass is 16.5. The largest absolute Gasteiger partial charge is 0.383 e. The van der Waals surface area contributed by atoms with E-state index in [-0.39, 0.29) is 17.7 Å². The average Bonchev–Trinajstić information content (AvgIpc) is 3.07. The first-order chi connectivity index (χ1) is 10.6. The molecule has 0 radical (unpaired) electrons. The van der Waals surface area contributed by atoms with Crippen LogP contribution in [0.15, 0.2) is 12.3 Å². The number of ether oxygens (including phenoxy) is 1. The van der Waals surface area contributed by atoms with E-state index in [0.29, 0.717) is 39.2 Å². The highest BCUT2D eigenvalue weighted by Crippen LogP contribution is 2.27. The lowest BCUT2D eigenvalue weighted by atomic mass is 10.1. The second-order valence-electron chi connectivity index (χ2n) is 6.02. The van der Waals surface area contributed by atoms with Gasteiger partial charge in [-0.15, -0.1) is 0 Å². The van der Waals surface area contributed by atoms with E-state index in [1.165, 1.54) is 5.56 Å². The summed E-state index contributed by atoms with van der Waals surface area (Å²) in [6.45, 7) is 4.75. The number of rotatable bonds is 4. The Morgan fingerprint density at radius 3 is 2.95 bits per heavy atom. The van der Waals surface area contributed by atoms with Gasteiger partial charge in [0.25, 0.3) is 0 Å². The highest BCUT2D eigenvalue weighted by Gasteiger charge is 2.37. The van der Waals surface area contributed by atoms with Crippen LogP contribution in [0.25, 0.3) is 0 Å². The van der Waals surface area contributed by atoms with Crippen LogP contribution < -0.4 is 0 Å². The number of methoxy groups -OCH3 is 1. The Labute approximate surface area is 130 Å². The summed E-state index contributed by atoms with van der Waals surface area (Å²) in [5.74, 6) is -0.112. The fraction of sp³-hybridized carbons (Fsp3) is 0.562. The van der Waals surface area contributed by atoms with Crippen molar-refractivity contribution in [2.45, 2.75) is 26.4 Å². The molecule has 2 aliphatic rings. The first-order valence-electron chi connectivity index (χ1n) is 7.58. The van der Waals surface area contributed by atoms with Crippen LogP contribution in [0.1, 0.15) is 23.2 Å². The molecule has 0 saturated carbocycles. The molecule has 1 saturated heterocycles. The molecule has 0 aliphatic carbocycles. The second-order valence-corrected chi connectivity index (χ2v) is 6.02. The molecule has 0 bridgehead atoms. The van der Waals surface area contributed by atoms with Crippen LogP contribution in [0.2, 0.25) is 0 Å². The SMILES string of the molecule is COCCN1CC(C(=O)N2Cc3cnc(C)cc3C2)CC1=O. The summed E-state index contributed by atoms with van der Waals surface area (Å²) in [5, 5.41) is 0. The maximum absolute atomic E-state index is 12.7. The number of amides is 2. The average molecular weight is 303 g/mol. The van der Waals surface area contributed by atoms with Crippen molar-refractivity contribution in [2.24, 2.45) is 5.92 Å². The maximum atomic E-state index is 12.7. The summed E-state index contributed by atoms with van der Waals surface area (Å²) in [6.07, 6.45) is 2.16.